The first-order valence-corrected chi connectivity index (χ1v) is 4.15. The molecule has 0 spiro atoms. The van der Waals surface area contributed by atoms with Crippen LogP contribution in [0.5, 0.6) is 0 Å². The van der Waals surface area contributed by atoms with E-state index in [9.17, 15) is 0 Å². The third kappa shape index (κ3) is 1.48. The monoisotopic (exact) mass is 172 g/mol. The van der Waals surface area contributed by atoms with Crippen LogP contribution < -0.4 is 5.73 Å². The van der Waals surface area contributed by atoms with Gasteiger partial charge in [-0.05, 0) is 11.6 Å². The predicted octanol–water partition coefficient (Wildman–Crippen LogP) is 2.21. The standard InChI is InChI=1S/C11H10NO/c12-8-9-4-1-2-5-10(9)11-6-3-7-13-11/h1-5,7H,8,12H2. The van der Waals surface area contributed by atoms with E-state index in [0.717, 1.165) is 16.9 Å². The van der Waals surface area contributed by atoms with Gasteiger partial charge in [0, 0.05) is 18.2 Å². The van der Waals surface area contributed by atoms with E-state index in [1.807, 2.05) is 24.3 Å². The van der Waals surface area contributed by atoms with Crippen molar-refractivity contribution in [1.29, 1.82) is 0 Å². The smallest absolute Gasteiger partial charge is 0.142 e. The third-order valence-electron chi connectivity index (χ3n) is 1.95. The molecule has 13 heavy (non-hydrogen) atoms. The van der Waals surface area contributed by atoms with Gasteiger partial charge in [-0.2, -0.15) is 0 Å². The summed E-state index contributed by atoms with van der Waals surface area (Å²) in [6, 6.07) is 12.7. The van der Waals surface area contributed by atoms with Gasteiger partial charge in [-0.15, -0.1) is 0 Å². The predicted molar refractivity (Wildman–Crippen MR) is 50.9 cm³/mol. The largest absolute Gasteiger partial charge is 0.464 e. The maximum atomic E-state index is 5.60. The zero-order valence-electron chi connectivity index (χ0n) is 7.16. The van der Waals surface area contributed by atoms with Crippen molar-refractivity contribution in [2.75, 3.05) is 0 Å². The lowest BCUT2D eigenvalue weighted by Crippen LogP contribution is -1.97. The van der Waals surface area contributed by atoms with Crippen LogP contribution in [0.2, 0.25) is 0 Å². The Morgan fingerprint density at radius 1 is 1.31 bits per heavy atom. The lowest BCUT2D eigenvalue weighted by atomic mass is 10.1. The second-order valence-electron chi connectivity index (χ2n) is 2.76. The van der Waals surface area contributed by atoms with Crippen LogP contribution >= 0.6 is 0 Å². The number of hydrogen-bond donors (Lipinski definition) is 1. The Morgan fingerprint density at radius 2 is 2.15 bits per heavy atom. The first-order valence-electron chi connectivity index (χ1n) is 4.15. The van der Waals surface area contributed by atoms with Gasteiger partial charge < -0.3 is 10.2 Å². The van der Waals surface area contributed by atoms with Crippen molar-refractivity contribution < 1.29 is 4.42 Å². The van der Waals surface area contributed by atoms with Crippen LogP contribution in [0, 0.1) is 6.07 Å². The molecule has 2 nitrogen and oxygen atoms in total. The molecule has 0 saturated heterocycles. The fraction of sp³-hybridized carbons (Fsp3) is 0.0909. The molecule has 0 fully saturated rings. The van der Waals surface area contributed by atoms with Crippen LogP contribution in [0.1, 0.15) is 5.56 Å². The number of benzene rings is 1. The summed E-state index contributed by atoms with van der Waals surface area (Å²) in [5.41, 5.74) is 7.70. The van der Waals surface area contributed by atoms with Crippen molar-refractivity contribution in [2.45, 2.75) is 6.54 Å². The van der Waals surface area contributed by atoms with E-state index in [-0.39, 0.29) is 0 Å². The van der Waals surface area contributed by atoms with Gasteiger partial charge in [0.05, 0.1) is 6.26 Å². The Labute approximate surface area is 77.0 Å². The molecule has 1 radical (unpaired) electrons. The summed E-state index contributed by atoms with van der Waals surface area (Å²) in [7, 11) is 0. The Kier molecular flexibility index (Phi) is 2.15. The van der Waals surface area contributed by atoms with Gasteiger partial charge in [0.1, 0.15) is 5.76 Å². The van der Waals surface area contributed by atoms with Gasteiger partial charge in [0.2, 0.25) is 0 Å². The molecule has 2 rings (SSSR count). The highest BCUT2D eigenvalue weighted by atomic mass is 16.3. The molecular weight excluding hydrogens is 162 g/mol. The molecule has 0 atom stereocenters. The molecule has 0 aliphatic heterocycles. The first kappa shape index (κ1) is 8.08. The van der Waals surface area contributed by atoms with Crippen LogP contribution in [-0.2, 0) is 6.54 Å². The fourth-order valence-corrected chi connectivity index (χ4v) is 1.31. The minimum absolute atomic E-state index is 0.519. The first-order chi connectivity index (χ1) is 6.42. The van der Waals surface area contributed by atoms with E-state index in [1.54, 1.807) is 12.3 Å². The molecule has 0 aliphatic carbocycles. The third-order valence-corrected chi connectivity index (χ3v) is 1.95. The van der Waals surface area contributed by atoms with Crippen molar-refractivity contribution in [3.8, 4) is 11.3 Å². The molecule has 0 unspecified atom stereocenters. The van der Waals surface area contributed by atoms with Crippen LogP contribution in [0.25, 0.3) is 11.3 Å². The summed E-state index contributed by atoms with van der Waals surface area (Å²) in [5.74, 6) is 0.751. The van der Waals surface area contributed by atoms with Crippen LogP contribution in [0.3, 0.4) is 0 Å². The van der Waals surface area contributed by atoms with Crippen molar-refractivity contribution in [3.63, 3.8) is 0 Å². The molecule has 2 aromatic rings. The van der Waals surface area contributed by atoms with Gasteiger partial charge in [-0.3, -0.25) is 0 Å². The Hall–Kier alpha value is -1.54. The maximum Gasteiger partial charge on any atom is 0.142 e. The highest BCUT2D eigenvalue weighted by Crippen LogP contribution is 2.22. The highest BCUT2D eigenvalue weighted by Gasteiger charge is 2.04. The number of nitrogens with two attached hydrogens (primary N) is 1. The number of furan rings is 1. The average molecular weight is 172 g/mol. The Morgan fingerprint density at radius 3 is 2.85 bits per heavy atom. The highest BCUT2D eigenvalue weighted by molar-refractivity contribution is 5.61. The van der Waals surface area contributed by atoms with Gasteiger partial charge in [-0.25, -0.2) is 0 Å². The van der Waals surface area contributed by atoms with Crippen molar-refractivity contribution in [1.82, 2.24) is 0 Å². The molecule has 0 saturated carbocycles. The summed E-state index contributed by atoms with van der Waals surface area (Å²) >= 11 is 0. The molecule has 65 valence electrons. The second kappa shape index (κ2) is 3.46. The normalized spacial score (nSPS) is 10.2. The average Bonchev–Trinajstić information content (AvgIpc) is 2.70. The molecule has 1 aromatic heterocycles. The van der Waals surface area contributed by atoms with Crippen molar-refractivity contribution in [3.05, 3.63) is 48.2 Å². The van der Waals surface area contributed by atoms with E-state index in [1.165, 1.54) is 0 Å². The molecule has 2 N–H and O–H groups in total. The van der Waals surface area contributed by atoms with Gasteiger partial charge in [0.25, 0.3) is 0 Å². The van der Waals surface area contributed by atoms with Gasteiger partial charge in [-0.1, -0.05) is 24.3 Å². The summed E-state index contributed by atoms with van der Waals surface area (Å²) in [4.78, 5) is 0. The quantitative estimate of drug-likeness (QED) is 0.754. The lowest BCUT2D eigenvalue weighted by Gasteiger charge is -2.02. The summed E-state index contributed by atoms with van der Waals surface area (Å²) in [5, 5.41) is 0. The minimum Gasteiger partial charge on any atom is -0.464 e. The zero-order chi connectivity index (χ0) is 9.10. The molecule has 2 heteroatoms. The summed E-state index contributed by atoms with van der Waals surface area (Å²) in [6.07, 6.45) is 1.61. The van der Waals surface area contributed by atoms with Crippen molar-refractivity contribution in [2.24, 2.45) is 5.73 Å². The van der Waals surface area contributed by atoms with Crippen LogP contribution in [0.4, 0.5) is 0 Å². The van der Waals surface area contributed by atoms with Crippen molar-refractivity contribution >= 4 is 0 Å². The molecule has 0 amide bonds. The summed E-state index contributed by atoms with van der Waals surface area (Å²) < 4.78 is 5.25. The number of rotatable bonds is 2. The van der Waals surface area contributed by atoms with Crippen LogP contribution in [-0.4, -0.2) is 0 Å². The SMILES string of the molecule is NCc1ccccc1-c1[c]cco1. The van der Waals surface area contributed by atoms with Gasteiger partial charge in [0.15, 0.2) is 0 Å². The van der Waals surface area contributed by atoms with E-state index in [0.29, 0.717) is 6.54 Å². The molecule has 0 aliphatic rings. The number of hydrogen-bond acceptors (Lipinski definition) is 2. The van der Waals surface area contributed by atoms with E-state index < -0.39 is 0 Å². The minimum atomic E-state index is 0.519. The van der Waals surface area contributed by atoms with Gasteiger partial charge >= 0.3 is 0 Å². The topological polar surface area (TPSA) is 39.2 Å². The zero-order valence-corrected chi connectivity index (χ0v) is 7.16. The molecular formula is C11H10NO. The molecule has 1 aromatic carbocycles. The fourth-order valence-electron chi connectivity index (χ4n) is 1.31. The Bertz CT molecular complexity index is 379. The van der Waals surface area contributed by atoms with Crippen LogP contribution in [0.15, 0.2) is 41.0 Å². The lowest BCUT2D eigenvalue weighted by molar-refractivity contribution is 0.581. The van der Waals surface area contributed by atoms with E-state index in [4.69, 9.17) is 10.2 Å². The molecule has 1 heterocycles. The Balaban J connectivity index is 2.51. The van der Waals surface area contributed by atoms with E-state index >= 15 is 0 Å². The maximum absolute atomic E-state index is 5.60. The second-order valence-corrected chi connectivity index (χ2v) is 2.76. The molecule has 0 bridgehead atoms. The summed E-state index contributed by atoms with van der Waals surface area (Å²) in [6.45, 7) is 0.519. The van der Waals surface area contributed by atoms with E-state index in [2.05, 4.69) is 6.07 Å².